The summed E-state index contributed by atoms with van der Waals surface area (Å²) < 4.78 is 0. The topological polar surface area (TPSA) is 95.6 Å². The minimum Gasteiger partial charge on any atom is -0.506 e. The molecule has 18 heavy (non-hydrogen) atoms. The van der Waals surface area contributed by atoms with Gasteiger partial charge < -0.3 is 21.3 Å². The van der Waals surface area contributed by atoms with Gasteiger partial charge in [0.1, 0.15) is 5.75 Å². The van der Waals surface area contributed by atoms with Crippen LogP contribution < -0.4 is 11.1 Å². The lowest BCUT2D eigenvalue weighted by Gasteiger charge is -2.11. The predicted molar refractivity (Wildman–Crippen MR) is 68.2 cm³/mol. The van der Waals surface area contributed by atoms with Gasteiger partial charge in [0.05, 0.1) is 11.8 Å². The van der Waals surface area contributed by atoms with Crippen molar-refractivity contribution in [3.8, 4) is 5.75 Å². The maximum atomic E-state index is 11.8. The van der Waals surface area contributed by atoms with Crippen molar-refractivity contribution in [2.24, 2.45) is 5.92 Å². The number of nitrogens with one attached hydrogen (secondary N) is 1. The molecule has 1 fully saturated rings. The van der Waals surface area contributed by atoms with Gasteiger partial charge in [0.2, 0.25) is 0 Å². The fraction of sp³-hybridized carbons (Fsp3) is 0.462. The van der Waals surface area contributed by atoms with E-state index in [1.54, 1.807) is 6.07 Å². The smallest absolute Gasteiger partial charge is 0.251 e. The summed E-state index contributed by atoms with van der Waals surface area (Å²) in [7, 11) is 0. The van der Waals surface area contributed by atoms with Crippen LogP contribution in [0.5, 0.6) is 5.75 Å². The zero-order valence-electron chi connectivity index (χ0n) is 10.1. The standard InChI is InChI=1S/C13H18N2O3/c14-11-4-2-9(6-12(11)17)13(18)15-7-8-1-3-10(16)5-8/h2,4,6,8,10,16-17H,1,3,5,7,14H2,(H,15,18). The van der Waals surface area contributed by atoms with Crippen molar-refractivity contribution in [3.63, 3.8) is 0 Å². The SMILES string of the molecule is Nc1ccc(C(=O)NCC2CCC(O)C2)cc1O. The van der Waals surface area contributed by atoms with Gasteiger partial charge in [-0.1, -0.05) is 0 Å². The van der Waals surface area contributed by atoms with Crippen LogP contribution in [0, 0.1) is 5.92 Å². The summed E-state index contributed by atoms with van der Waals surface area (Å²) in [6.45, 7) is 0.557. The second-order valence-electron chi connectivity index (χ2n) is 4.82. The van der Waals surface area contributed by atoms with E-state index in [-0.39, 0.29) is 23.4 Å². The molecule has 0 aliphatic heterocycles. The molecule has 1 aromatic rings. The summed E-state index contributed by atoms with van der Waals surface area (Å²) in [5.74, 6) is 0.0250. The van der Waals surface area contributed by atoms with Gasteiger partial charge in [0.25, 0.3) is 5.91 Å². The molecule has 0 bridgehead atoms. The molecule has 1 saturated carbocycles. The van der Waals surface area contributed by atoms with E-state index in [0.717, 1.165) is 19.3 Å². The van der Waals surface area contributed by atoms with Crippen molar-refractivity contribution in [1.82, 2.24) is 5.32 Å². The molecule has 2 rings (SSSR count). The van der Waals surface area contributed by atoms with Crippen molar-refractivity contribution in [2.75, 3.05) is 12.3 Å². The number of phenols is 1. The molecule has 0 radical (unpaired) electrons. The Bertz CT molecular complexity index is 448. The van der Waals surface area contributed by atoms with E-state index >= 15 is 0 Å². The Balaban J connectivity index is 1.89. The molecule has 2 unspecified atom stereocenters. The number of nitrogens with two attached hydrogens (primary N) is 1. The molecular weight excluding hydrogens is 232 g/mol. The average molecular weight is 250 g/mol. The normalized spacial score (nSPS) is 22.9. The zero-order valence-corrected chi connectivity index (χ0v) is 10.1. The Labute approximate surface area is 106 Å². The van der Waals surface area contributed by atoms with E-state index in [2.05, 4.69) is 5.32 Å². The number of hydrogen-bond acceptors (Lipinski definition) is 4. The van der Waals surface area contributed by atoms with E-state index in [9.17, 15) is 15.0 Å². The van der Waals surface area contributed by atoms with Crippen LogP contribution in [0.15, 0.2) is 18.2 Å². The van der Waals surface area contributed by atoms with Gasteiger partial charge in [-0.3, -0.25) is 4.79 Å². The quantitative estimate of drug-likeness (QED) is 0.472. The Hall–Kier alpha value is -1.75. The van der Waals surface area contributed by atoms with Gasteiger partial charge in [-0.2, -0.15) is 0 Å². The number of carbonyl (C=O) groups is 1. The molecule has 0 saturated heterocycles. The van der Waals surface area contributed by atoms with E-state index in [4.69, 9.17) is 5.73 Å². The highest BCUT2D eigenvalue weighted by molar-refractivity contribution is 5.95. The molecule has 5 N–H and O–H groups in total. The summed E-state index contributed by atoms with van der Waals surface area (Å²) in [6, 6.07) is 4.44. The van der Waals surface area contributed by atoms with Crippen molar-refractivity contribution in [2.45, 2.75) is 25.4 Å². The number of anilines is 1. The van der Waals surface area contributed by atoms with Gasteiger partial charge >= 0.3 is 0 Å². The molecule has 5 nitrogen and oxygen atoms in total. The van der Waals surface area contributed by atoms with Gasteiger partial charge in [0, 0.05) is 12.1 Å². The number of amides is 1. The molecule has 1 aliphatic rings. The highest BCUT2D eigenvalue weighted by Crippen LogP contribution is 2.25. The molecular formula is C13H18N2O3. The lowest BCUT2D eigenvalue weighted by molar-refractivity contribution is 0.0944. The van der Waals surface area contributed by atoms with Crippen LogP contribution in [0.1, 0.15) is 29.6 Å². The molecule has 0 spiro atoms. The molecule has 1 aliphatic carbocycles. The third kappa shape index (κ3) is 2.92. The Morgan fingerprint density at radius 3 is 2.83 bits per heavy atom. The van der Waals surface area contributed by atoms with Crippen LogP contribution in [-0.2, 0) is 0 Å². The summed E-state index contributed by atoms with van der Waals surface area (Å²) in [5, 5.41) is 21.6. The second kappa shape index (κ2) is 5.27. The minimum absolute atomic E-state index is 0.0843. The van der Waals surface area contributed by atoms with Crippen LogP contribution in [-0.4, -0.2) is 28.8 Å². The maximum Gasteiger partial charge on any atom is 0.251 e. The predicted octanol–water partition coefficient (Wildman–Crippen LogP) is 0.865. The Morgan fingerprint density at radius 1 is 1.44 bits per heavy atom. The molecule has 98 valence electrons. The first kappa shape index (κ1) is 12.7. The third-order valence-corrected chi connectivity index (χ3v) is 3.36. The van der Waals surface area contributed by atoms with E-state index < -0.39 is 0 Å². The average Bonchev–Trinajstić information content (AvgIpc) is 2.75. The van der Waals surface area contributed by atoms with E-state index in [1.165, 1.54) is 12.1 Å². The van der Waals surface area contributed by atoms with Gasteiger partial charge in [0.15, 0.2) is 0 Å². The Kier molecular flexibility index (Phi) is 3.72. The number of aliphatic hydroxyl groups excluding tert-OH is 1. The summed E-state index contributed by atoms with van der Waals surface area (Å²) >= 11 is 0. The number of aliphatic hydroxyl groups is 1. The second-order valence-corrected chi connectivity index (χ2v) is 4.82. The number of phenolic OH excluding ortho intramolecular Hbond substituents is 1. The summed E-state index contributed by atoms with van der Waals surface area (Å²) in [4.78, 5) is 11.8. The maximum absolute atomic E-state index is 11.8. The van der Waals surface area contributed by atoms with E-state index in [1.807, 2.05) is 0 Å². The van der Waals surface area contributed by atoms with Crippen LogP contribution >= 0.6 is 0 Å². The van der Waals surface area contributed by atoms with Gasteiger partial charge in [-0.25, -0.2) is 0 Å². The molecule has 0 aromatic heterocycles. The van der Waals surface area contributed by atoms with E-state index in [0.29, 0.717) is 18.0 Å². The van der Waals surface area contributed by atoms with Crippen LogP contribution in [0.2, 0.25) is 0 Å². The van der Waals surface area contributed by atoms with Crippen molar-refractivity contribution >= 4 is 11.6 Å². The number of rotatable bonds is 3. The first-order valence-corrected chi connectivity index (χ1v) is 6.11. The monoisotopic (exact) mass is 250 g/mol. The van der Waals surface area contributed by atoms with Crippen LogP contribution in [0.25, 0.3) is 0 Å². The van der Waals surface area contributed by atoms with Crippen molar-refractivity contribution < 1.29 is 15.0 Å². The lowest BCUT2D eigenvalue weighted by Crippen LogP contribution is -2.28. The number of aromatic hydroxyl groups is 1. The molecule has 2 atom stereocenters. The fourth-order valence-electron chi connectivity index (χ4n) is 2.26. The summed E-state index contributed by atoms with van der Waals surface area (Å²) in [6.07, 6.45) is 2.26. The number of nitrogen functional groups attached to an aromatic ring is 1. The fourth-order valence-corrected chi connectivity index (χ4v) is 2.26. The number of carbonyl (C=O) groups excluding carboxylic acids is 1. The minimum atomic E-state index is -0.230. The van der Waals surface area contributed by atoms with Gasteiger partial charge in [-0.15, -0.1) is 0 Å². The highest BCUT2D eigenvalue weighted by atomic mass is 16.3. The molecule has 1 amide bonds. The summed E-state index contributed by atoms with van der Waals surface area (Å²) in [5.41, 5.74) is 6.11. The van der Waals surface area contributed by atoms with Gasteiger partial charge in [-0.05, 0) is 43.4 Å². The first-order chi connectivity index (χ1) is 8.56. The van der Waals surface area contributed by atoms with Crippen molar-refractivity contribution in [3.05, 3.63) is 23.8 Å². The lowest BCUT2D eigenvalue weighted by atomic mass is 10.1. The van der Waals surface area contributed by atoms with Crippen LogP contribution in [0.3, 0.4) is 0 Å². The molecule has 5 heteroatoms. The largest absolute Gasteiger partial charge is 0.506 e. The zero-order chi connectivity index (χ0) is 13.1. The van der Waals surface area contributed by atoms with Crippen molar-refractivity contribution in [1.29, 1.82) is 0 Å². The molecule has 1 aromatic carbocycles. The molecule has 0 heterocycles. The third-order valence-electron chi connectivity index (χ3n) is 3.36. The first-order valence-electron chi connectivity index (χ1n) is 6.11. The highest BCUT2D eigenvalue weighted by Gasteiger charge is 2.23. The van der Waals surface area contributed by atoms with Crippen LogP contribution in [0.4, 0.5) is 5.69 Å². The number of benzene rings is 1. The number of hydrogen-bond donors (Lipinski definition) is 4. The Morgan fingerprint density at radius 2 is 2.22 bits per heavy atom.